The van der Waals surface area contributed by atoms with Crippen molar-refractivity contribution in [2.75, 3.05) is 10.6 Å². The molecule has 0 aromatic heterocycles. The van der Waals surface area contributed by atoms with E-state index in [9.17, 15) is 0 Å². The molecule has 2 heteroatoms. The Bertz CT molecular complexity index is 2040. The van der Waals surface area contributed by atoms with Gasteiger partial charge < -0.3 is 10.6 Å². The van der Waals surface area contributed by atoms with Crippen molar-refractivity contribution in [3.8, 4) is 11.1 Å². The Morgan fingerprint density at radius 1 is 0.271 bits per heavy atom. The fourth-order valence-corrected chi connectivity index (χ4v) is 6.93. The van der Waals surface area contributed by atoms with Gasteiger partial charge in [0.25, 0.3) is 0 Å². The Balaban J connectivity index is 1.37. The van der Waals surface area contributed by atoms with Gasteiger partial charge in [0.05, 0.1) is 12.1 Å². The van der Waals surface area contributed by atoms with Gasteiger partial charge in [-0.3, -0.25) is 0 Å². The van der Waals surface area contributed by atoms with E-state index in [0.717, 1.165) is 11.4 Å². The number of hydrogen-bond acceptors (Lipinski definition) is 2. The van der Waals surface area contributed by atoms with Gasteiger partial charge in [-0.25, -0.2) is 0 Å². The van der Waals surface area contributed by atoms with Crippen LogP contribution in [0.25, 0.3) is 32.7 Å². The van der Waals surface area contributed by atoms with E-state index < -0.39 is 0 Å². The Morgan fingerprint density at radius 3 is 0.896 bits per heavy atom. The van der Waals surface area contributed by atoms with Crippen LogP contribution in [-0.2, 0) is 0 Å². The predicted molar refractivity (Wildman–Crippen MR) is 204 cm³/mol. The highest BCUT2D eigenvalue weighted by molar-refractivity contribution is 6.13. The Hall–Kier alpha value is -6.12. The summed E-state index contributed by atoms with van der Waals surface area (Å²) < 4.78 is 0. The van der Waals surface area contributed by atoms with Crippen molar-refractivity contribution >= 4 is 32.9 Å². The molecule has 2 N–H and O–H groups in total. The van der Waals surface area contributed by atoms with Gasteiger partial charge in [0, 0.05) is 22.5 Å². The molecule has 0 unspecified atom stereocenters. The van der Waals surface area contributed by atoms with Crippen molar-refractivity contribution in [3.05, 3.63) is 216 Å². The highest BCUT2D eigenvalue weighted by Crippen LogP contribution is 2.46. The number of nitrogens with one attached hydrogen (secondary N) is 2. The summed E-state index contributed by atoms with van der Waals surface area (Å²) in [5.41, 5.74) is 9.40. The number of anilines is 2. The minimum atomic E-state index is -0.0416. The average molecular weight is 617 g/mol. The molecule has 0 saturated heterocycles. The van der Waals surface area contributed by atoms with Gasteiger partial charge in [0.15, 0.2) is 0 Å². The van der Waals surface area contributed by atoms with Gasteiger partial charge in [-0.2, -0.15) is 0 Å². The summed E-state index contributed by atoms with van der Waals surface area (Å²) in [5, 5.41) is 12.9. The zero-order valence-corrected chi connectivity index (χ0v) is 26.6. The van der Waals surface area contributed by atoms with Crippen LogP contribution >= 0.6 is 0 Å². The van der Waals surface area contributed by atoms with Gasteiger partial charge in [0.2, 0.25) is 0 Å². The van der Waals surface area contributed by atoms with Crippen LogP contribution in [0, 0.1) is 0 Å². The fourth-order valence-electron chi connectivity index (χ4n) is 6.93. The van der Waals surface area contributed by atoms with Crippen molar-refractivity contribution in [2.24, 2.45) is 0 Å². The first kappa shape index (κ1) is 29.3. The summed E-state index contributed by atoms with van der Waals surface area (Å²) in [6.45, 7) is 0. The molecule has 8 aromatic rings. The molecule has 0 aliphatic rings. The molecular weight excluding hydrogens is 581 g/mol. The van der Waals surface area contributed by atoms with Gasteiger partial charge in [-0.15, -0.1) is 0 Å². The molecular formula is C46H36N2. The quantitative estimate of drug-likeness (QED) is 0.169. The molecule has 0 atom stereocenters. The summed E-state index contributed by atoms with van der Waals surface area (Å²) in [6.07, 6.45) is 0. The van der Waals surface area contributed by atoms with Gasteiger partial charge in [0.1, 0.15) is 0 Å². The number of hydrogen-bond donors (Lipinski definition) is 2. The fraction of sp³-hybridized carbons (Fsp3) is 0.0435. The first-order valence-corrected chi connectivity index (χ1v) is 16.6. The zero-order valence-electron chi connectivity index (χ0n) is 26.6. The van der Waals surface area contributed by atoms with E-state index >= 15 is 0 Å². The highest BCUT2D eigenvalue weighted by atomic mass is 14.9. The molecule has 0 amide bonds. The van der Waals surface area contributed by atoms with Crippen LogP contribution in [0.3, 0.4) is 0 Å². The van der Waals surface area contributed by atoms with E-state index in [1.807, 2.05) is 0 Å². The third-order valence-electron chi connectivity index (χ3n) is 9.24. The lowest BCUT2D eigenvalue weighted by Crippen LogP contribution is -2.15. The van der Waals surface area contributed by atoms with Crippen molar-refractivity contribution < 1.29 is 0 Å². The lowest BCUT2D eigenvalue weighted by molar-refractivity contribution is 0.938. The van der Waals surface area contributed by atoms with Gasteiger partial charge >= 0.3 is 0 Å². The first-order valence-electron chi connectivity index (χ1n) is 16.6. The average Bonchev–Trinajstić information content (AvgIpc) is 3.17. The maximum absolute atomic E-state index is 4.05. The molecule has 0 bridgehead atoms. The van der Waals surface area contributed by atoms with E-state index in [4.69, 9.17) is 0 Å². The summed E-state index contributed by atoms with van der Waals surface area (Å²) in [7, 11) is 0. The van der Waals surface area contributed by atoms with Crippen molar-refractivity contribution in [1.29, 1.82) is 0 Å². The largest absolute Gasteiger partial charge is 0.374 e. The van der Waals surface area contributed by atoms with Crippen LogP contribution in [0.4, 0.5) is 11.4 Å². The molecule has 0 saturated carbocycles. The summed E-state index contributed by atoms with van der Waals surface area (Å²) in [4.78, 5) is 0. The Kier molecular flexibility index (Phi) is 8.13. The Morgan fingerprint density at radius 2 is 0.562 bits per heavy atom. The first-order chi connectivity index (χ1) is 23.8. The second-order valence-electron chi connectivity index (χ2n) is 12.2. The lowest BCUT2D eigenvalue weighted by Gasteiger charge is -2.27. The minimum absolute atomic E-state index is 0.0416. The van der Waals surface area contributed by atoms with Crippen LogP contribution in [0.5, 0.6) is 0 Å². The summed E-state index contributed by atoms with van der Waals surface area (Å²) in [5.74, 6) is 0. The maximum atomic E-state index is 4.05. The highest BCUT2D eigenvalue weighted by Gasteiger charge is 2.23. The molecule has 0 radical (unpaired) electrons. The zero-order chi connectivity index (χ0) is 32.1. The molecule has 0 spiro atoms. The van der Waals surface area contributed by atoms with E-state index in [1.54, 1.807) is 0 Å². The number of rotatable bonds is 9. The predicted octanol–water partition coefficient (Wildman–Crippen LogP) is 12.1. The van der Waals surface area contributed by atoms with Gasteiger partial charge in [-0.1, -0.05) is 182 Å². The number of benzene rings is 8. The molecule has 230 valence electrons. The molecule has 0 fully saturated rings. The maximum Gasteiger partial charge on any atom is 0.0767 e. The second kappa shape index (κ2) is 13.3. The molecule has 0 heterocycles. The minimum Gasteiger partial charge on any atom is -0.374 e. The van der Waals surface area contributed by atoms with Crippen molar-refractivity contribution in [2.45, 2.75) is 12.1 Å². The van der Waals surface area contributed by atoms with E-state index in [1.165, 1.54) is 54.9 Å². The van der Waals surface area contributed by atoms with Crippen LogP contribution < -0.4 is 10.6 Å². The van der Waals surface area contributed by atoms with E-state index in [-0.39, 0.29) is 12.1 Å². The Labute approximate surface area is 282 Å². The smallest absolute Gasteiger partial charge is 0.0767 e. The SMILES string of the molecule is c1ccc(C(Nc2ccc3ccccc3c2-c2c(NC(c3ccccc3)c3ccccc3)ccc3ccccc23)c2ccccc2)cc1. The lowest BCUT2D eigenvalue weighted by atomic mass is 9.89. The monoisotopic (exact) mass is 616 g/mol. The molecule has 8 aromatic carbocycles. The third kappa shape index (κ3) is 5.81. The molecule has 0 aliphatic heterocycles. The standard InChI is InChI=1S/C46H36N2/c1-5-19-35(20-6-1)45(36-21-7-2-8-22-36)47-41-31-29-33-17-13-15-27-39(33)43(41)44-40-28-16-14-18-34(40)30-32-42(44)48-46(37-23-9-3-10-24-37)38-25-11-4-12-26-38/h1-32,45-48H. The molecule has 0 aliphatic carbocycles. The normalized spacial score (nSPS) is 11.3. The van der Waals surface area contributed by atoms with Crippen molar-refractivity contribution in [1.82, 2.24) is 0 Å². The van der Waals surface area contributed by atoms with E-state index in [0.29, 0.717) is 0 Å². The topological polar surface area (TPSA) is 24.1 Å². The van der Waals surface area contributed by atoms with Crippen LogP contribution in [-0.4, -0.2) is 0 Å². The summed E-state index contributed by atoms with van der Waals surface area (Å²) >= 11 is 0. The van der Waals surface area contributed by atoms with Gasteiger partial charge in [-0.05, 0) is 55.9 Å². The number of fused-ring (bicyclic) bond motifs is 2. The molecule has 8 rings (SSSR count). The second-order valence-corrected chi connectivity index (χ2v) is 12.2. The van der Waals surface area contributed by atoms with Crippen molar-refractivity contribution in [3.63, 3.8) is 0 Å². The molecule has 48 heavy (non-hydrogen) atoms. The summed E-state index contributed by atoms with van der Waals surface area (Å²) in [6, 6.07) is 69.3. The van der Waals surface area contributed by atoms with Crippen LogP contribution in [0.1, 0.15) is 34.3 Å². The van der Waals surface area contributed by atoms with E-state index in [2.05, 4.69) is 205 Å². The van der Waals surface area contributed by atoms with Crippen LogP contribution in [0.15, 0.2) is 194 Å². The third-order valence-corrected chi connectivity index (χ3v) is 9.24. The van der Waals surface area contributed by atoms with Crippen LogP contribution in [0.2, 0.25) is 0 Å². The molecule has 2 nitrogen and oxygen atoms in total.